The first-order valence-corrected chi connectivity index (χ1v) is 5.50. The first-order chi connectivity index (χ1) is 8.66. The van der Waals surface area contributed by atoms with E-state index in [4.69, 9.17) is 17.3 Å². The van der Waals surface area contributed by atoms with E-state index in [1.165, 1.54) is 12.3 Å². The molecule has 7 heteroatoms. The lowest BCUT2D eigenvalue weighted by Gasteiger charge is -2.06. The molecule has 0 bridgehead atoms. The molecule has 6 nitrogen and oxygen atoms in total. The molecule has 2 heterocycles. The van der Waals surface area contributed by atoms with Crippen molar-refractivity contribution in [1.29, 1.82) is 0 Å². The third kappa shape index (κ3) is 2.92. The summed E-state index contributed by atoms with van der Waals surface area (Å²) >= 11 is 5.82. The predicted molar refractivity (Wildman–Crippen MR) is 66.9 cm³/mol. The molecule has 0 radical (unpaired) electrons. The van der Waals surface area contributed by atoms with Crippen LogP contribution < -0.4 is 11.1 Å². The third-order valence-electron chi connectivity index (χ3n) is 2.16. The van der Waals surface area contributed by atoms with Crippen LogP contribution in [0.15, 0.2) is 30.6 Å². The Labute approximate surface area is 108 Å². The number of nitrogens with one attached hydrogen (secondary N) is 1. The maximum atomic E-state index is 11.9. The fourth-order valence-electron chi connectivity index (χ4n) is 1.32. The lowest BCUT2D eigenvalue weighted by molar-refractivity contribution is 0.0950. The monoisotopic (exact) mass is 263 g/mol. The number of aromatic nitrogens is 3. The number of carbonyl (C=O) groups excluding carboxylic acids is 1. The lowest BCUT2D eigenvalue weighted by Crippen LogP contribution is -2.24. The molecule has 2 aromatic rings. The number of hydrogen-bond acceptors (Lipinski definition) is 5. The van der Waals surface area contributed by atoms with Crippen molar-refractivity contribution in [2.45, 2.75) is 6.54 Å². The van der Waals surface area contributed by atoms with E-state index >= 15 is 0 Å². The summed E-state index contributed by atoms with van der Waals surface area (Å²) in [5, 5.41) is 10.3. The molecular formula is C11H10ClN5O. The topological polar surface area (TPSA) is 93.8 Å². The summed E-state index contributed by atoms with van der Waals surface area (Å²) in [5.74, 6) is -0.356. The fraction of sp³-hybridized carbons (Fsp3) is 0.0909. The molecule has 2 aromatic heterocycles. The Hall–Kier alpha value is -2.21. The van der Waals surface area contributed by atoms with Gasteiger partial charge in [0, 0.05) is 6.20 Å². The smallest absolute Gasteiger partial charge is 0.254 e. The van der Waals surface area contributed by atoms with Gasteiger partial charge in [-0.05, 0) is 18.2 Å². The van der Waals surface area contributed by atoms with Crippen LogP contribution in [-0.2, 0) is 6.54 Å². The van der Waals surface area contributed by atoms with Crippen molar-refractivity contribution in [3.63, 3.8) is 0 Å². The summed E-state index contributed by atoms with van der Waals surface area (Å²) in [5.41, 5.74) is 6.82. The van der Waals surface area contributed by atoms with Gasteiger partial charge in [0.25, 0.3) is 5.91 Å². The maximum absolute atomic E-state index is 11.9. The Morgan fingerprint density at radius 1 is 1.50 bits per heavy atom. The number of anilines is 1. The number of pyridine rings is 1. The van der Waals surface area contributed by atoms with E-state index in [1.54, 1.807) is 18.3 Å². The maximum Gasteiger partial charge on any atom is 0.254 e. The van der Waals surface area contributed by atoms with Crippen molar-refractivity contribution in [2.24, 2.45) is 0 Å². The van der Waals surface area contributed by atoms with Crippen molar-refractivity contribution in [2.75, 3.05) is 5.73 Å². The molecule has 0 saturated carbocycles. The number of nitrogen functional groups attached to an aromatic ring is 1. The van der Waals surface area contributed by atoms with E-state index < -0.39 is 0 Å². The van der Waals surface area contributed by atoms with E-state index in [1.807, 2.05) is 0 Å². The predicted octanol–water partition coefficient (Wildman–Crippen LogP) is 1.04. The van der Waals surface area contributed by atoms with Crippen LogP contribution in [0.5, 0.6) is 0 Å². The zero-order valence-corrected chi connectivity index (χ0v) is 10.1. The van der Waals surface area contributed by atoms with Gasteiger partial charge in [0.05, 0.1) is 29.7 Å². The third-order valence-corrected chi connectivity index (χ3v) is 2.46. The molecule has 92 valence electrons. The van der Waals surface area contributed by atoms with Crippen LogP contribution in [-0.4, -0.2) is 21.1 Å². The minimum absolute atomic E-state index is 0.112. The van der Waals surface area contributed by atoms with Crippen LogP contribution in [0.4, 0.5) is 5.69 Å². The molecule has 3 N–H and O–H groups in total. The standard InChI is InChI=1S/C11H10ClN5O/c12-10-9(4-7(13)5-14-10)11(18)15-6-8-2-1-3-16-17-8/h1-5H,6,13H2,(H,15,18). The van der Waals surface area contributed by atoms with E-state index in [9.17, 15) is 4.79 Å². The Morgan fingerprint density at radius 3 is 3.06 bits per heavy atom. The Bertz CT molecular complexity index is 561. The quantitative estimate of drug-likeness (QED) is 0.807. The molecule has 18 heavy (non-hydrogen) atoms. The highest BCUT2D eigenvalue weighted by Crippen LogP contribution is 2.15. The summed E-state index contributed by atoms with van der Waals surface area (Å²) < 4.78 is 0. The molecule has 0 atom stereocenters. The lowest BCUT2D eigenvalue weighted by atomic mass is 10.2. The van der Waals surface area contributed by atoms with Crippen LogP contribution in [0.3, 0.4) is 0 Å². The highest BCUT2D eigenvalue weighted by atomic mass is 35.5. The molecule has 0 aliphatic rings. The number of halogens is 1. The first-order valence-electron chi connectivity index (χ1n) is 5.12. The Balaban J connectivity index is 2.06. The molecule has 2 rings (SSSR count). The van der Waals surface area contributed by atoms with E-state index in [-0.39, 0.29) is 23.2 Å². The van der Waals surface area contributed by atoms with Crippen molar-refractivity contribution in [3.05, 3.63) is 47.0 Å². The van der Waals surface area contributed by atoms with Gasteiger partial charge >= 0.3 is 0 Å². The largest absolute Gasteiger partial charge is 0.397 e. The van der Waals surface area contributed by atoms with Gasteiger partial charge in [-0.3, -0.25) is 4.79 Å². The van der Waals surface area contributed by atoms with Gasteiger partial charge < -0.3 is 11.1 Å². The second-order valence-electron chi connectivity index (χ2n) is 3.50. The summed E-state index contributed by atoms with van der Waals surface area (Å²) in [7, 11) is 0. The average Bonchev–Trinajstić information content (AvgIpc) is 2.40. The SMILES string of the molecule is Nc1cnc(Cl)c(C(=O)NCc2cccnn2)c1. The molecular weight excluding hydrogens is 254 g/mol. The number of nitrogens with two attached hydrogens (primary N) is 1. The second kappa shape index (κ2) is 5.42. The number of nitrogens with zero attached hydrogens (tertiary/aromatic N) is 3. The highest BCUT2D eigenvalue weighted by Gasteiger charge is 2.11. The van der Waals surface area contributed by atoms with Gasteiger partial charge in [0.15, 0.2) is 0 Å². The second-order valence-corrected chi connectivity index (χ2v) is 3.86. The molecule has 1 amide bonds. The average molecular weight is 264 g/mol. The van der Waals surface area contributed by atoms with Crippen LogP contribution in [0.2, 0.25) is 5.15 Å². The van der Waals surface area contributed by atoms with Crippen molar-refractivity contribution in [1.82, 2.24) is 20.5 Å². The van der Waals surface area contributed by atoms with Crippen molar-refractivity contribution >= 4 is 23.2 Å². The summed E-state index contributed by atoms with van der Waals surface area (Å²) in [4.78, 5) is 15.7. The van der Waals surface area contributed by atoms with Gasteiger partial charge in [-0.2, -0.15) is 10.2 Å². The molecule has 0 spiro atoms. The van der Waals surface area contributed by atoms with Crippen molar-refractivity contribution < 1.29 is 4.79 Å². The molecule has 0 aromatic carbocycles. The Morgan fingerprint density at radius 2 is 2.33 bits per heavy atom. The summed E-state index contributed by atoms with van der Waals surface area (Å²) in [6, 6.07) is 4.97. The van der Waals surface area contributed by atoms with Crippen LogP contribution >= 0.6 is 11.6 Å². The zero-order chi connectivity index (χ0) is 13.0. The van der Waals surface area contributed by atoms with Crippen LogP contribution in [0.25, 0.3) is 0 Å². The number of hydrogen-bond donors (Lipinski definition) is 2. The van der Waals surface area contributed by atoms with Gasteiger partial charge in [-0.15, -0.1) is 0 Å². The van der Waals surface area contributed by atoms with Gasteiger partial charge in [-0.1, -0.05) is 11.6 Å². The van der Waals surface area contributed by atoms with Crippen LogP contribution in [0.1, 0.15) is 16.1 Å². The number of carbonyl (C=O) groups is 1. The molecule has 0 saturated heterocycles. The van der Waals surface area contributed by atoms with E-state index in [0.29, 0.717) is 11.4 Å². The number of rotatable bonds is 3. The van der Waals surface area contributed by atoms with Gasteiger partial charge in [0.2, 0.25) is 0 Å². The molecule has 0 fully saturated rings. The Kier molecular flexibility index (Phi) is 3.69. The molecule has 0 aliphatic heterocycles. The number of amides is 1. The van der Waals surface area contributed by atoms with Gasteiger partial charge in [-0.25, -0.2) is 4.98 Å². The fourth-order valence-corrected chi connectivity index (χ4v) is 1.51. The van der Waals surface area contributed by atoms with Crippen molar-refractivity contribution in [3.8, 4) is 0 Å². The first kappa shape index (κ1) is 12.3. The molecule has 0 unspecified atom stereocenters. The summed E-state index contributed by atoms with van der Waals surface area (Å²) in [6.07, 6.45) is 2.95. The molecule has 0 aliphatic carbocycles. The normalized spacial score (nSPS) is 10.1. The minimum Gasteiger partial charge on any atom is -0.397 e. The van der Waals surface area contributed by atoms with Gasteiger partial charge in [0.1, 0.15) is 5.15 Å². The van der Waals surface area contributed by atoms with E-state index in [0.717, 1.165) is 0 Å². The summed E-state index contributed by atoms with van der Waals surface area (Å²) in [6.45, 7) is 0.262. The minimum atomic E-state index is -0.356. The highest BCUT2D eigenvalue weighted by molar-refractivity contribution is 6.32. The zero-order valence-electron chi connectivity index (χ0n) is 9.30. The van der Waals surface area contributed by atoms with Crippen LogP contribution in [0, 0.1) is 0 Å². The van der Waals surface area contributed by atoms with E-state index in [2.05, 4.69) is 20.5 Å².